The molecule has 9 nitrogen and oxygen atoms in total. The minimum atomic E-state index is -0.654. The van der Waals surface area contributed by atoms with Gasteiger partial charge in [0.25, 0.3) is 0 Å². The SMILES string of the molecule is CNCCCC[C@H](N)C(=O)NCC(=O)NCC(=O)NCC(C)=O. The fraction of sp³-hybridized carbons (Fsp3) is 0.714. The minimum absolute atomic E-state index is 0.0756. The van der Waals surface area contributed by atoms with E-state index in [4.69, 9.17) is 5.73 Å². The number of amides is 3. The summed E-state index contributed by atoms with van der Waals surface area (Å²) < 4.78 is 0. The summed E-state index contributed by atoms with van der Waals surface area (Å²) in [4.78, 5) is 45.1. The van der Waals surface area contributed by atoms with Crippen LogP contribution in [0.15, 0.2) is 0 Å². The highest BCUT2D eigenvalue weighted by atomic mass is 16.2. The first-order valence-corrected chi connectivity index (χ1v) is 7.57. The van der Waals surface area contributed by atoms with Crippen molar-refractivity contribution in [2.24, 2.45) is 5.73 Å². The van der Waals surface area contributed by atoms with Gasteiger partial charge < -0.3 is 27.0 Å². The van der Waals surface area contributed by atoms with E-state index >= 15 is 0 Å². The van der Waals surface area contributed by atoms with Crippen LogP contribution in [0.3, 0.4) is 0 Å². The number of hydrogen-bond acceptors (Lipinski definition) is 6. The molecule has 0 aliphatic rings. The fourth-order valence-corrected chi connectivity index (χ4v) is 1.62. The molecule has 0 aromatic carbocycles. The van der Waals surface area contributed by atoms with Crippen molar-refractivity contribution in [3.63, 3.8) is 0 Å². The summed E-state index contributed by atoms with van der Waals surface area (Å²) in [5.41, 5.74) is 5.72. The molecule has 0 fully saturated rings. The molecule has 0 aliphatic carbocycles. The number of rotatable bonds is 12. The summed E-state index contributed by atoms with van der Waals surface area (Å²) >= 11 is 0. The van der Waals surface area contributed by atoms with Gasteiger partial charge in [0.05, 0.1) is 25.7 Å². The second kappa shape index (κ2) is 12.5. The third kappa shape index (κ3) is 12.2. The van der Waals surface area contributed by atoms with E-state index in [0.29, 0.717) is 6.42 Å². The molecular weight excluding hydrogens is 302 g/mol. The molecule has 0 radical (unpaired) electrons. The monoisotopic (exact) mass is 329 g/mol. The maximum Gasteiger partial charge on any atom is 0.239 e. The molecule has 0 heterocycles. The molecule has 0 aromatic heterocycles. The van der Waals surface area contributed by atoms with E-state index in [-0.39, 0.29) is 25.4 Å². The summed E-state index contributed by atoms with van der Waals surface area (Å²) in [6.07, 6.45) is 2.29. The van der Waals surface area contributed by atoms with Crippen molar-refractivity contribution in [2.45, 2.75) is 32.2 Å². The van der Waals surface area contributed by atoms with Gasteiger partial charge in [-0.15, -0.1) is 0 Å². The smallest absolute Gasteiger partial charge is 0.239 e. The number of hydrogen-bond donors (Lipinski definition) is 5. The average molecular weight is 329 g/mol. The zero-order valence-electron chi connectivity index (χ0n) is 13.7. The Bertz CT molecular complexity index is 414. The largest absolute Gasteiger partial charge is 0.348 e. The molecule has 0 aromatic rings. The second-order valence-electron chi connectivity index (χ2n) is 5.18. The van der Waals surface area contributed by atoms with Crippen LogP contribution in [-0.4, -0.2) is 62.8 Å². The number of unbranched alkanes of at least 4 members (excludes halogenated alkanes) is 1. The molecule has 23 heavy (non-hydrogen) atoms. The van der Waals surface area contributed by atoms with Crippen LogP contribution in [0, 0.1) is 0 Å². The molecule has 0 rings (SSSR count). The van der Waals surface area contributed by atoms with Crippen LogP contribution < -0.4 is 27.0 Å². The predicted octanol–water partition coefficient (Wildman–Crippen LogP) is -2.36. The zero-order chi connectivity index (χ0) is 17.7. The molecule has 0 spiro atoms. The van der Waals surface area contributed by atoms with E-state index in [0.717, 1.165) is 19.4 Å². The van der Waals surface area contributed by atoms with Gasteiger partial charge in [-0.3, -0.25) is 19.2 Å². The number of ketones is 1. The summed E-state index contributed by atoms with van der Waals surface area (Å²) in [5, 5.41) is 10.1. The highest BCUT2D eigenvalue weighted by Crippen LogP contribution is 1.98. The maximum absolute atomic E-state index is 11.7. The Kier molecular flexibility index (Phi) is 11.4. The first-order chi connectivity index (χ1) is 10.9. The van der Waals surface area contributed by atoms with Gasteiger partial charge in [0, 0.05) is 0 Å². The molecular formula is C14H27N5O4. The van der Waals surface area contributed by atoms with Crippen molar-refractivity contribution in [3.8, 4) is 0 Å². The Hall–Kier alpha value is -2.00. The lowest BCUT2D eigenvalue weighted by atomic mass is 10.1. The number of nitrogens with two attached hydrogens (primary N) is 1. The van der Waals surface area contributed by atoms with Crippen LogP contribution in [0.1, 0.15) is 26.2 Å². The molecule has 1 atom stereocenters. The first-order valence-electron chi connectivity index (χ1n) is 7.57. The normalized spacial score (nSPS) is 11.4. The molecule has 9 heteroatoms. The van der Waals surface area contributed by atoms with Crippen molar-refractivity contribution in [2.75, 3.05) is 33.2 Å². The van der Waals surface area contributed by atoms with E-state index in [1.165, 1.54) is 6.92 Å². The van der Waals surface area contributed by atoms with Crippen LogP contribution in [0.4, 0.5) is 0 Å². The lowest BCUT2D eigenvalue weighted by Crippen LogP contribution is -2.46. The van der Waals surface area contributed by atoms with Gasteiger partial charge in [0.1, 0.15) is 5.78 Å². The third-order valence-electron chi connectivity index (χ3n) is 2.93. The molecule has 132 valence electrons. The summed E-state index contributed by atoms with van der Waals surface area (Å²) in [6, 6.07) is -0.654. The van der Waals surface area contributed by atoms with Crippen LogP contribution >= 0.6 is 0 Å². The number of carbonyl (C=O) groups is 4. The van der Waals surface area contributed by atoms with Crippen LogP contribution in [0.25, 0.3) is 0 Å². The van der Waals surface area contributed by atoms with Crippen molar-refractivity contribution in [3.05, 3.63) is 0 Å². The predicted molar refractivity (Wildman–Crippen MR) is 85.5 cm³/mol. The summed E-state index contributed by atoms with van der Waals surface area (Å²) in [7, 11) is 1.85. The second-order valence-corrected chi connectivity index (χ2v) is 5.18. The highest BCUT2D eigenvalue weighted by Gasteiger charge is 2.14. The number of nitrogens with one attached hydrogen (secondary N) is 4. The first kappa shape index (κ1) is 21.0. The van der Waals surface area contributed by atoms with Crippen molar-refractivity contribution in [1.29, 1.82) is 0 Å². The standard InChI is InChI=1S/C14H27N5O4/c1-10(20)7-17-12(21)8-18-13(22)9-19-14(23)11(15)5-3-4-6-16-2/h11,16H,3-9,15H2,1-2H3,(H,17,21)(H,18,22)(H,19,23)/t11-/m0/s1. The van der Waals surface area contributed by atoms with Gasteiger partial charge in [-0.05, 0) is 33.4 Å². The molecule has 0 bridgehead atoms. The van der Waals surface area contributed by atoms with Crippen LogP contribution in [0.2, 0.25) is 0 Å². The Morgan fingerprint density at radius 2 is 1.48 bits per heavy atom. The Morgan fingerprint density at radius 3 is 2.04 bits per heavy atom. The molecule has 3 amide bonds. The van der Waals surface area contributed by atoms with E-state index < -0.39 is 23.8 Å². The molecule has 0 unspecified atom stereocenters. The Balaban J connectivity index is 3.80. The Labute approximate surface area is 136 Å². The van der Waals surface area contributed by atoms with Gasteiger partial charge in [0.2, 0.25) is 17.7 Å². The van der Waals surface area contributed by atoms with Gasteiger partial charge >= 0.3 is 0 Å². The minimum Gasteiger partial charge on any atom is -0.348 e. The number of carbonyl (C=O) groups excluding carboxylic acids is 4. The molecule has 0 saturated heterocycles. The topological polar surface area (TPSA) is 142 Å². The van der Waals surface area contributed by atoms with E-state index in [9.17, 15) is 19.2 Å². The van der Waals surface area contributed by atoms with Gasteiger partial charge in [-0.25, -0.2) is 0 Å². The van der Waals surface area contributed by atoms with Crippen LogP contribution in [0.5, 0.6) is 0 Å². The van der Waals surface area contributed by atoms with Gasteiger partial charge in [-0.1, -0.05) is 6.42 Å². The molecule has 6 N–H and O–H groups in total. The Morgan fingerprint density at radius 1 is 0.913 bits per heavy atom. The third-order valence-corrected chi connectivity index (χ3v) is 2.93. The number of Topliss-reactive ketones (excluding diaryl/α,β-unsaturated/α-hetero) is 1. The zero-order valence-corrected chi connectivity index (χ0v) is 13.7. The van der Waals surface area contributed by atoms with E-state index in [2.05, 4.69) is 21.3 Å². The summed E-state index contributed by atoms with van der Waals surface area (Å²) in [5.74, 6) is -1.55. The molecule has 0 aliphatic heterocycles. The lowest BCUT2D eigenvalue weighted by Gasteiger charge is -2.12. The fourth-order valence-electron chi connectivity index (χ4n) is 1.62. The van der Waals surface area contributed by atoms with Gasteiger partial charge in [0.15, 0.2) is 0 Å². The lowest BCUT2D eigenvalue weighted by molar-refractivity contribution is -0.128. The van der Waals surface area contributed by atoms with Crippen LogP contribution in [-0.2, 0) is 19.2 Å². The molecule has 0 saturated carbocycles. The van der Waals surface area contributed by atoms with Crippen molar-refractivity contribution in [1.82, 2.24) is 21.3 Å². The average Bonchev–Trinajstić information content (AvgIpc) is 2.52. The quantitative estimate of drug-likeness (QED) is 0.254. The van der Waals surface area contributed by atoms with E-state index in [1.54, 1.807) is 0 Å². The van der Waals surface area contributed by atoms with Crippen molar-refractivity contribution >= 4 is 23.5 Å². The van der Waals surface area contributed by atoms with Gasteiger partial charge in [-0.2, -0.15) is 0 Å². The maximum atomic E-state index is 11.7. The van der Waals surface area contributed by atoms with Crippen molar-refractivity contribution < 1.29 is 19.2 Å². The highest BCUT2D eigenvalue weighted by molar-refractivity contribution is 5.90. The summed E-state index contributed by atoms with van der Waals surface area (Å²) in [6.45, 7) is 1.63. The van der Waals surface area contributed by atoms with E-state index in [1.807, 2.05) is 7.05 Å².